The minimum Gasteiger partial charge on any atom is -0.317 e. The summed E-state index contributed by atoms with van der Waals surface area (Å²) in [4.78, 5) is 48.5. The van der Waals surface area contributed by atoms with Gasteiger partial charge < -0.3 is 8.97 Å². The van der Waals surface area contributed by atoms with Crippen molar-refractivity contribution in [2.45, 2.75) is 39.8 Å². The summed E-state index contributed by atoms with van der Waals surface area (Å²) in [5, 5.41) is 0. The highest BCUT2D eigenvalue weighted by Gasteiger charge is 2.19. The number of rotatable bonds is 7. The molecule has 0 aliphatic heterocycles. The van der Waals surface area contributed by atoms with Crippen molar-refractivity contribution in [2.24, 2.45) is 0 Å². The lowest BCUT2D eigenvalue weighted by atomic mass is 10.1. The standard InChI is InChI=1S/C25H24N6O3/c1-3-30-23-22(24(33)28-25(30)34)31(14-18-9-7-17(8-10-18)12-16(2)32)21(27-23)13-19-15-29-11-5-4-6-20(29)26-19/h4-11,15H,3,12-14H2,1-2H3,(H,28,33,34). The van der Waals surface area contributed by atoms with E-state index in [1.807, 2.05) is 70.7 Å². The van der Waals surface area contributed by atoms with Gasteiger partial charge in [-0.05, 0) is 37.1 Å². The normalized spacial score (nSPS) is 11.5. The Morgan fingerprint density at radius 1 is 1.00 bits per heavy atom. The first-order chi connectivity index (χ1) is 16.4. The Morgan fingerprint density at radius 2 is 1.76 bits per heavy atom. The van der Waals surface area contributed by atoms with Crippen molar-refractivity contribution in [3.8, 4) is 0 Å². The van der Waals surface area contributed by atoms with Crippen LogP contribution in [0.4, 0.5) is 0 Å². The van der Waals surface area contributed by atoms with Gasteiger partial charge in [0, 0.05) is 38.3 Å². The van der Waals surface area contributed by atoms with E-state index in [1.165, 1.54) is 4.57 Å². The van der Waals surface area contributed by atoms with Gasteiger partial charge in [-0.2, -0.15) is 0 Å². The van der Waals surface area contributed by atoms with Crippen LogP contribution in [0.2, 0.25) is 0 Å². The van der Waals surface area contributed by atoms with Gasteiger partial charge in [0.2, 0.25) is 0 Å². The van der Waals surface area contributed by atoms with E-state index >= 15 is 0 Å². The molecular formula is C25H24N6O3. The Bertz CT molecular complexity index is 1600. The lowest BCUT2D eigenvalue weighted by molar-refractivity contribution is -0.116. The molecule has 0 fully saturated rings. The molecule has 0 saturated carbocycles. The quantitative estimate of drug-likeness (QED) is 0.405. The van der Waals surface area contributed by atoms with Gasteiger partial charge in [0.25, 0.3) is 5.56 Å². The molecule has 0 unspecified atom stereocenters. The highest BCUT2D eigenvalue weighted by atomic mass is 16.2. The summed E-state index contributed by atoms with van der Waals surface area (Å²) in [5.74, 6) is 0.747. The van der Waals surface area contributed by atoms with Crippen LogP contribution >= 0.6 is 0 Å². The molecule has 4 heterocycles. The average molecular weight is 457 g/mol. The second kappa shape index (κ2) is 8.58. The minimum absolute atomic E-state index is 0.104. The third-order valence-electron chi connectivity index (χ3n) is 5.85. The molecule has 0 bridgehead atoms. The topological polar surface area (TPSA) is 107 Å². The van der Waals surface area contributed by atoms with Crippen LogP contribution in [0.3, 0.4) is 0 Å². The lowest BCUT2D eigenvalue weighted by Crippen LogP contribution is -2.30. The van der Waals surface area contributed by atoms with Crippen LogP contribution in [-0.4, -0.2) is 34.3 Å². The number of benzene rings is 1. The van der Waals surface area contributed by atoms with Crippen molar-refractivity contribution >= 4 is 22.6 Å². The number of pyridine rings is 1. The van der Waals surface area contributed by atoms with Crippen LogP contribution in [0.15, 0.2) is 64.4 Å². The van der Waals surface area contributed by atoms with Gasteiger partial charge in [-0.15, -0.1) is 0 Å². The van der Waals surface area contributed by atoms with Crippen LogP contribution in [0.5, 0.6) is 0 Å². The minimum atomic E-state index is -0.475. The molecule has 0 atom stereocenters. The second-order valence-corrected chi connectivity index (χ2v) is 8.36. The first-order valence-electron chi connectivity index (χ1n) is 11.1. The van der Waals surface area contributed by atoms with Crippen molar-refractivity contribution in [3.05, 3.63) is 98.3 Å². The largest absolute Gasteiger partial charge is 0.330 e. The fourth-order valence-electron chi connectivity index (χ4n) is 4.28. The number of fused-ring (bicyclic) bond motifs is 2. The van der Waals surface area contributed by atoms with E-state index in [0.717, 1.165) is 22.5 Å². The Hall–Kier alpha value is -4.27. The summed E-state index contributed by atoms with van der Waals surface area (Å²) in [6, 6.07) is 13.5. The smallest absolute Gasteiger partial charge is 0.317 e. The van der Waals surface area contributed by atoms with Gasteiger partial charge in [0.1, 0.15) is 17.3 Å². The van der Waals surface area contributed by atoms with E-state index in [1.54, 1.807) is 6.92 Å². The Balaban J connectivity index is 1.62. The second-order valence-electron chi connectivity index (χ2n) is 8.36. The maximum Gasteiger partial charge on any atom is 0.330 e. The average Bonchev–Trinajstić information content (AvgIpc) is 3.36. The van der Waals surface area contributed by atoms with Gasteiger partial charge in [0.05, 0.1) is 5.69 Å². The molecule has 9 heteroatoms. The van der Waals surface area contributed by atoms with E-state index in [4.69, 9.17) is 4.98 Å². The highest BCUT2D eigenvalue weighted by Crippen LogP contribution is 2.18. The Kier molecular flexibility index (Phi) is 5.45. The summed E-state index contributed by atoms with van der Waals surface area (Å²) in [7, 11) is 0. The van der Waals surface area contributed by atoms with Gasteiger partial charge >= 0.3 is 5.69 Å². The van der Waals surface area contributed by atoms with Crippen molar-refractivity contribution in [2.75, 3.05) is 0 Å². The Morgan fingerprint density at radius 3 is 2.47 bits per heavy atom. The molecule has 1 aromatic carbocycles. The SMILES string of the molecule is CCn1c(=O)[nH]c(=O)c2c1nc(Cc1cn3ccccc3n1)n2Cc1ccc(CC(C)=O)cc1. The maximum absolute atomic E-state index is 12.9. The molecule has 0 spiro atoms. The molecular weight excluding hydrogens is 432 g/mol. The van der Waals surface area contributed by atoms with Gasteiger partial charge in [0.15, 0.2) is 11.2 Å². The molecule has 0 saturated heterocycles. The van der Waals surface area contributed by atoms with Crippen LogP contribution < -0.4 is 11.2 Å². The molecule has 0 aliphatic carbocycles. The number of aromatic nitrogens is 6. The van der Waals surface area contributed by atoms with Crippen LogP contribution in [0.1, 0.15) is 36.5 Å². The van der Waals surface area contributed by atoms with E-state index in [-0.39, 0.29) is 5.78 Å². The van der Waals surface area contributed by atoms with Crippen LogP contribution in [0.25, 0.3) is 16.8 Å². The van der Waals surface area contributed by atoms with E-state index in [0.29, 0.717) is 42.9 Å². The monoisotopic (exact) mass is 456 g/mol. The fourth-order valence-corrected chi connectivity index (χ4v) is 4.28. The summed E-state index contributed by atoms with van der Waals surface area (Å²) in [6.45, 7) is 4.19. The molecule has 34 heavy (non-hydrogen) atoms. The van der Waals surface area contributed by atoms with Crippen molar-refractivity contribution in [3.63, 3.8) is 0 Å². The zero-order chi connectivity index (χ0) is 23.8. The third-order valence-corrected chi connectivity index (χ3v) is 5.85. The zero-order valence-electron chi connectivity index (χ0n) is 19.0. The molecule has 0 aliphatic rings. The zero-order valence-corrected chi connectivity index (χ0v) is 19.0. The third kappa shape index (κ3) is 3.96. The van der Waals surface area contributed by atoms with Gasteiger partial charge in [-0.25, -0.2) is 14.8 Å². The highest BCUT2D eigenvalue weighted by molar-refractivity contribution is 5.78. The first-order valence-corrected chi connectivity index (χ1v) is 11.1. The van der Waals surface area contributed by atoms with Crippen LogP contribution in [-0.2, 0) is 30.7 Å². The first kappa shape index (κ1) is 21.6. The van der Waals surface area contributed by atoms with Crippen LogP contribution in [0, 0.1) is 0 Å². The number of nitrogens with one attached hydrogen (secondary N) is 1. The number of ketones is 1. The van der Waals surface area contributed by atoms with E-state index in [9.17, 15) is 14.4 Å². The number of Topliss-reactive ketones (excluding diaryl/α,β-unsaturated/α-hetero) is 1. The predicted octanol–water partition coefficient (Wildman–Crippen LogP) is 2.32. The van der Waals surface area contributed by atoms with Crippen molar-refractivity contribution in [1.82, 2.24) is 28.5 Å². The summed E-state index contributed by atoms with van der Waals surface area (Å²) in [6.07, 6.45) is 4.65. The summed E-state index contributed by atoms with van der Waals surface area (Å²) < 4.78 is 5.25. The number of nitrogens with zero attached hydrogens (tertiary/aromatic N) is 5. The summed E-state index contributed by atoms with van der Waals surface area (Å²) in [5.41, 5.74) is 3.30. The maximum atomic E-state index is 12.9. The molecule has 1 N–H and O–H groups in total. The fraction of sp³-hybridized carbons (Fsp3) is 0.240. The number of carbonyl (C=O) groups excluding carboxylic acids is 1. The molecule has 0 radical (unpaired) electrons. The van der Waals surface area contributed by atoms with Gasteiger partial charge in [-0.3, -0.25) is 19.1 Å². The molecule has 5 aromatic rings. The van der Waals surface area contributed by atoms with E-state index in [2.05, 4.69) is 9.97 Å². The van der Waals surface area contributed by atoms with Gasteiger partial charge in [-0.1, -0.05) is 30.3 Å². The predicted molar refractivity (Wildman–Crippen MR) is 128 cm³/mol. The molecule has 0 amide bonds. The Labute approximate surface area is 194 Å². The summed E-state index contributed by atoms with van der Waals surface area (Å²) >= 11 is 0. The van der Waals surface area contributed by atoms with E-state index < -0.39 is 11.2 Å². The number of imidazole rings is 2. The lowest BCUT2D eigenvalue weighted by Gasteiger charge is -2.09. The molecule has 5 rings (SSSR count). The molecule has 4 aromatic heterocycles. The number of aryl methyl sites for hydroxylation is 1. The molecule has 172 valence electrons. The number of hydrogen-bond donors (Lipinski definition) is 1. The number of carbonyl (C=O) groups is 1. The number of hydrogen-bond acceptors (Lipinski definition) is 5. The number of aromatic amines is 1. The molecule has 9 nitrogen and oxygen atoms in total. The number of H-pyrrole nitrogens is 1. The van der Waals surface area contributed by atoms with Crippen molar-refractivity contribution < 1.29 is 4.79 Å². The van der Waals surface area contributed by atoms with Crippen molar-refractivity contribution in [1.29, 1.82) is 0 Å².